The molecule has 19 heavy (non-hydrogen) atoms. The Kier molecular flexibility index (Phi) is 5.11. The van der Waals surface area contributed by atoms with Gasteiger partial charge in [0.05, 0.1) is 20.2 Å². The van der Waals surface area contributed by atoms with Crippen molar-refractivity contribution in [3.8, 4) is 0 Å². The molecule has 0 bridgehead atoms. The minimum absolute atomic E-state index is 0.222. The van der Waals surface area contributed by atoms with Gasteiger partial charge in [0, 0.05) is 28.9 Å². The molecule has 0 saturated carbocycles. The molecule has 104 valence electrons. The Balaban J connectivity index is 2.29. The topological polar surface area (TPSA) is 29.9 Å². The number of hydrogen-bond acceptors (Lipinski definition) is 3. The minimum atomic E-state index is 0.222. The van der Waals surface area contributed by atoms with E-state index in [1.54, 1.807) is 11.3 Å². The Morgan fingerprint density at radius 2 is 2.21 bits per heavy atom. The predicted octanol–water partition coefficient (Wildman–Crippen LogP) is 4.47. The van der Waals surface area contributed by atoms with Crippen LogP contribution in [0, 0.1) is 6.92 Å². The minimum Gasteiger partial charge on any atom is -0.312 e. The molecule has 0 aliphatic heterocycles. The fourth-order valence-electron chi connectivity index (χ4n) is 1.98. The van der Waals surface area contributed by atoms with Crippen LogP contribution in [0.5, 0.6) is 0 Å². The van der Waals surface area contributed by atoms with E-state index in [2.05, 4.69) is 48.3 Å². The van der Waals surface area contributed by atoms with Crippen LogP contribution in [0.15, 0.2) is 14.3 Å². The number of nitrogens with zero attached hydrogens (tertiary/aromatic N) is 2. The number of halogens is 3. The van der Waals surface area contributed by atoms with Crippen molar-refractivity contribution in [2.24, 2.45) is 7.05 Å². The van der Waals surface area contributed by atoms with Gasteiger partial charge in [-0.25, -0.2) is 0 Å². The molecule has 7 heteroatoms. The lowest BCUT2D eigenvalue weighted by Gasteiger charge is -2.14. The maximum absolute atomic E-state index is 6.31. The van der Waals surface area contributed by atoms with E-state index in [4.69, 9.17) is 11.6 Å². The second kappa shape index (κ2) is 6.26. The van der Waals surface area contributed by atoms with Crippen LogP contribution in [0.3, 0.4) is 0 Å². The normalized spacial score (nSPS) is 12.9. The molecule has 0 radical (unpaired) electrons. The van der Waals surface area contributed by atoms with Crippen molar-refractivity contribution in [1.29, 1.82) is 0 Å². The van der Waals surface area contributed by atoms with Gasteiger partial charge in [0.1, 0.15) is 0 Å². The average Bonchev–Trinajstić information content (AvgIpc) is 2.80. The van der Waals surface area contributed by atoms with Gasteiger partial charge >= 0.3 is 0 Å². The Morgan fingerprint density at radius 1 is 1.53 bits per heavy atom. The lowest BCUT2D eigenvalue weighted by Crippen LogP contribution is -2.19. The number of nitrogens with one attached hydrogen (secondary N) is 1. The molecule has 1 N–H and O–H groups in total. The molecule has 2 heterocycles. The Hall–Kier alpha value is 0.120. The molecule has 0 spiro atoms. The highest BCUT2D eigenvalue weighted by Crippen LogP contribution is 2.37. The largest absolute Gasteiger partial charge is 0.312 e. The number of thiophene rings is 1. The summed E-state index contributed by atoms with van der Waals surface area (Å²) in [5.74, 6) is 0. The molecule has 2 aromatic rings. The first-order valence-corrected chi connectivity index (χ1v) is 8.52. The van der Waals surface area contributed by atoms with E-state index in [1.807, 2.05) is 25.7 Å². The fourth-order valence-corrected chi connectivity index (χ4v) is 4.41. The molecule has 0 aliphatic carbocycles. The fraction of sp³-hybridized carbons (Fsp3) is 0.417. The molecular weight excluding hydrogens is 413 g/mol. The summed E-state index contributed by atoms with van der Waals surface area (Å²) in [6, 6.07) is 2.35. The summed E-state index contributed by atoms with van der Waals surface area (Å²) >= 11 is 15.1. The zero-order valence-electron chi connectivity index (χ0n) is 10.8. The zero-order chi connectivity index (χ0) is 14.2. The van der Waals surface area contributed by atoms with Crippen LogP contribution in [-0.4, -0.2) is 16.8 Å². The molecule has 1 unspecified atom stereocenters. The molecule has 0 aliphatic rings. The summed E-state index contributed by atoms with van der Waals surface area (Å²) in [6.45, 7) is 1.93. The van der Waals surface area contributed by atoms with Gasteiger partial charge in [0.15, 0.2) is 0 Å². The van der Waals surface area contributed by atoms with Crippen LogP contribution >= 0.6 is 54.8 Å². The summed E-state index contributed by atoms with van der Waals surface area (Å²) in [6.07, 6.45) is 0.812. The van der Waals surface area contributed by atoms with Crippen molar-refractivity contribution in [3.63, 3.8) is 0 Å². The van der Waals surface area contributed by atoms with Gasteiger partial charge in [0.2, 0.25) is 0 Å². The van der Waals surface area contributed by atoms with Crippen molar-refractivity contribution in [1.82, 2.24) is 15.1 Å². The van der Waals surface area contributed by atoms with E-state index >= 15 is 0 Å². The van der Waals surface area contributed by atoms with E-state index < -0.39 is 0 Å². The predicted molar refractivity (Wildman–Crippen MR) is 88.2 cm³/mol. The van der Waals surface area contributed by atoms with Gasteiger partial charge in [-0.3, -0.25) is 4.68 Å². The number of likely N-dealkylation sites (N-methyl/N-ethyl adjacent to an activating group) is 1. The lowest BCUT2D eigenvalue weighted by atomic mass is 10.1. The highest BCUT2D eigenvalue weighted by molar-refractivity contribution is 9.13. The first kappa shape index (κ1) is 15.5. The standard InChI is InChI=1S/C12H14Br2ClN3S/c1-6-11(15)9(18(3)17-6)5-8(16-2)10-4-7(13)12(14)19-10/h4,8,16H,5H2,1-3H3. The zero-order valence-corrected chi connectivity index (χ0v) is 15.5. The summed E-state index contributed by atoms with van der Waals surface area (Å²) in [4.78, 5) is 1.26. The van der Waals surface area contributed by atoms with Crippen LogP contribution in [0.25, 0.3) is 0 Å². The number of hydrogen-bond donors (Lipinski definition) is 1. The summed E-state index contributed by atoms with van der Waals surface area (Å²) in [5, 5.41) is 8.46. The van der Waals surface area contributed by atoms with Gasteiger partial charge < -0.3 is 5.32 Å². The first-order valence-electron chi connectivity index (χ1n) is 5.74. The van der Waals surface area contributed by atoms with E-state index in [1.165, 1.54) is 4.88 Å². The molecular formula is C12H14Br2ClN3S. The number of aromatic nitrogens is 2. The monoisotopic (exact) mass is 425 g/mol. The van der Waals surface area contributed by atoms with Crippen molar-refractivity contribution in [2.75, 3.05) is 7.05 Å². The van der Waals surface area contributed by atoms with Crippen molar-refractivity contribution in [2.45, 2.75) is 19.4 Å². The summed E-state index contributed by atoms with van der Waals surface area (Å²) in [7, 11) is 3.89. The number of aryl methyl sites for hydroxylation is 2. The molecule has 0 aromatic carbocycles. The van der Waals surface area contributed by atoms with E-state index in [0.717, 1.165) is 31.1 Å². The molecule has 0 amide bonds. The van der Waals surface area contributed by atoms with Gasteiger partial charge in [-0.15, -0.1) is 11.3 Å². The highest BCUT2D eigenvalue weighted by Gasteiger charge is 2.19. The third kappa shape index (κ3) is 3.24. The van der Waals surface area contributed by atoms with Crippen LogP contribution < -0.4 is 5.32 Å². The van der Waals surface area contributed by atoms with E-state index in [9.17, 15) is 0 Å². The Labute approximate surface area is 138 Å². The summed E-state index contributed by atoms with van der Waals surface area (Å²) in [5.41, 5.74) is 1.93. The van der Waals surface area contributed by atoms with Crippen LogP contribution in [0.4, 0.5) is 0 Å². The van der Waals surface area contributed by atoms with E-state index in [-0.39, 0.29) is 6.04 Å². The Morgan fingerprint density at radius 3 is 2.63 bits per heavy atom. The third-order valence-corrected chi connectivity index (χ3v) is 6.88. The molecule has 2 rings (SSSR count). The second-order valence-corrected chi connectivity index (χ2v) is 7.92. The van der Waals surface area contributed by atoms with Crippen LogP contribution in [0.2, 0.25) is 5.02 Å². The molecule has 1 atom stereocenters. The molecule has 0 fully saturated rings. The van der Waals surface area contributed by atoms with Gasteiger partial charge in [-0.2, -0.15) is 5.10 Å². The SMILES string of the molecule is CNC(Cc1c(Cl)c(C)nn1C)c1cc(Br)c(Br)s1. The van der Waals surface area contributed by atoms with Crippen LogP contribution in [0.1, 0.15) is 22.3 Å². The maximum Gasteiger partial charge on any atom is 0.0847 e. The lowest BCUT2D eigenvalue weighted by molar-refractivity contribution is 0.569. The van der Waals surface area contributed by atoms with E-state index in [0.29, 0.717) is 0 Å². The highest BCUT2D eigenvalue weighted by atomic mass is 79.9. The van der Waals surface area contributed by atoms with Gasteiger partial charge in [-0.05, 0) is 51.9 Å². The maximum atomic E-state index is 6.31. The smallest absolute Gasteiger partial charge is 0.0847 e. The Bertz CT molecular complexity index is 575. The molecule has 2 aromatic heterocycles. The van der Waals surface area contributed by atoms with Crippen LogP contribution in [-0.2, 0) is 13.5 Å². The quantitative estimate of drug-likeness (QED) is 0.780. The van der Waals surface area contributed by atoms with Crippen molar-refractivity contribution in [3.05, 3.63) is 35.6 Å². The molecule has 3 nitrogen and oxygen atoms in total. The van der Waals surface area contributed by atoms with Gasteiger partial charge in [0.25, 0.3) is 0 Å². The number of rotatable bonds is 4. The van der Waals surface area contributed by atoms with Crippen molar-refractivity contribution >= 4 is 54.8 Å². The summed E-state index contributed by atoms with van der Waals surface area (Å²) < 4.78 is 4.05. The third-order valence-electron chi connectivity index (χ3n) is 3.02. The molecule has 0 saturated heterocycles. The average molecular weight is 428 g/mol. The van der Waals surface area contributed by atoms with Crippen molar-refractivity contribution < 1.29 is 0 Å². The first-order chi connectivity index (χ1) is 8.93. The second-order valence-electron chi connectivity index (χ2n) is 4.29. The van der Waals surface area contributed by atoms with Gasteiger partial charge in [-0.1, -0.05) is 11.6 Å².